The molecule has 0 saturated carbocycles. The Balaban J connectivity index is 2.01. The predicted molar refractivity (Wildman–Crippen MR) is 83.2 cm³/mol. The van der Waals surface area contributed by atoms with E-state index in [4.69, 9.17) is 23.2 Å². The zero-order chi connectivity index (χ0) is 13.8. The lowest BCUT2D eigenvalue weighted by Crippen LogP contribution is -2.03. The zero-order valence-electron chi connectivity index (χ0n) is 9.72. The van der Waals surface area contributed by atoms with E-state index in [9.17, 15) is 4.79 Å². The molecular weight excluding hydrogens is 343 g/mol. The van der Waals surface area contributed by atoms with Gasteiger partial charge in [0.25, 0.3) is 0 Å². The molecule has 8 heteroatoms. The van der Waals surface area contributed by atoms with Gasteiger partial charge in [-0.25, -0.2) is 0 Å². The third-order valence-electron chi connectivity index (χ3n) is 2.12. The fourth-order valence-corrected chi connectivity index (χ4v) is 4.09. The Hall–Kier alpha value is -0.270. The molecule has 0 bridgehead atoms. The fraction of sp³-hybridized carbons (Fsp3) is 0.182. The third kappa shape index (κ3) is 4.10. The van der Waals surface area contributed by atoms with Crippen molar-refractivity contribution in [2.24, 2.45) is 0 Å². The monoisotopic (exact) mass is 350 g/mol. The summed E-state index contributed by atoms with van der Waals surface area (Å²) in [6.07, 6.45) is 1.94. The van der Waals surface area contributed by atoms with Crippen molar-refractivity contribution in [2.75, 3.05) is 12.0 Å². The highest BCUT2D eigenvalue weighted by atomic mass is 35.5. The van der Waals surface area contributed by atoms with Gasteiger partial charge in [0, 0.05) is 10.6 Å². The second kappa shape index (κ2) is 6.95. The first-order valence-corrected chi connectivity index (χ1v) is 8.87. The first-order chi connectivity index (χ1) is 9.10. The van der Waals surface area contributed by atoms with Crippen LogP contribution in [0, 0.1) is 0 Å². The average Bonchev–Trinajstić information content (AvgIpc) is 2.84. The molecule has 0 aliphatic heterocycles. The van der Waals surface area contributed by atoms with Crippen molar-refractivity contribution in [3.63, 3.8) is 0 Å². The first-order valence-electron chi connectivity index (χ1n) is 5.08. The van der Waals surface area contributed by atoms with Crippen LogP contribution in [0.15, 0.2) is 26.9 Å². The van der Waals surface area contributed by atoms with Gasteiger partial charge in [0.2, 0.25) is 0 Å². The van der Waals surface area contributed by atoms with Crippen LogP contribution >= 0.6 is 58.1 Å². The summed E-state index contributed by atoms with van der Waals surface area (Å²) >= 11 is 16.2. The van der Waals surface area contributed by atoms with Gasteiger partial charge in [-0.05, 0) is 24.5 Å². The number of halogens is 2. The lowest BCUT2D eigenvalue weighted by Gasteiger charge is -2.02. The molecule has 0 amide bonds. The van der Waals surface area contributed by atoms with Crippen LogP contribution in [-0.2, 0) is 0 Å². The smallest absolute Gasteiger partial charge is 0.175 e. The number of rotatable bonds is 5. The Morgan fingerprint density at radius 2 is 2.05 bits per heavy atom. The van der Waals surface area contributed by atoms with E-state index in [1.807, 2.05) is 6.26 Å². The third-order valence-corrected chi connectivity index (χ3v) is 5.70. The van der Waals surface area contributed by atoms with Crippen molar-refractivity contribution in [2.45, 2.75) is 8.68 Å². The maximum absolute atomic E-state index is 12.0. The number of benzene rings is 1. The Morgan fingerprint density at radius 1 is 1.32 bits per heavy atom. The van der Waals surface area contributed by atoms with Crippen LogP contribution in [0.3, 0.4) is 0 Å². The summed E-state index contributed by atoms with van der Waals surface area (Å²) in [6, 6.07) is 4.86. The minimum absolute atomic E-state index is 0.0485. The highest BCUT2D eigenvalue weighted by molar-refractivity contribution is 8.03. The maximum Gasteiger partial charge on any atom is 0.175 e. The summed E-state index contributed by atoms with van der Waals surface area (Å²) in [4.78, 5) is 12.0. The van der Waals surface area contributed by atoms with Gasteiger partial charge in [0.05, 0.1) is 10.8 Å². The summed E-state index contributed by atoms with van der Waals surface area (Å²) < 4.78 is 1.67. The van der Waals surface area contributed by atoms with Crippen LogP contribution < -0.4 is 0 Å². The van der Waals surface area contributed by atoms with E-state index in [1.54, 1.807) is 18.2 Å². The summed E-state index contributed by atoms with van der Waals surface area (Å²) in [5.74, 6) is 0.234. The Bertz CT molecular complexity index is 603. The van der Waals surface area contributed by atoms with Crippen LogP contribution in [0.2, 0.25) is 10.0 Å². The molecule has 0 saturated heterocycles. The van der Waals surface area contributed by atoms with Crippen molar-refractivity contribution >= 4 is 63.8 Å². The van der Waals surface area contributed by atoms with Gasteiger partial charge in [0.15, 0.2) is 14.5 Å². The van der Waals surface area contributed by atoms with Gasteiger partial charge < -0.3 is 0 Å². The Morgan fingerprint density at radius 3 is 2.68 bits per heavy atom. The van der Waals surface area contributed by atoms with E-state index in [0.717, 1.165) is 8.68 Å². The van der Waals surface area contributed by atoms with E-state index in [0.29, 0.717) is 15.6 Å². The van der Waals surface area contributed by atoms with Gasteiger partial charge in [-0.1, -0.05) is 58.1 Å². The SMILES string of the molecule is CSc1nnc(SCC(=O)c2ccc(Cl)cc2Cl)s1. The molecular formula is C11H8Cl2N2OS3. The molecule has 2 aromatic rings. The van der Waals surface area contributed by atoms with Gasteiger partial charge in [-0.15, -0.1) is 10.2 Å². The second-order valence-electron chi connectivity index (χ2n) is 3.37. The van der Waals surface area contributed by atoms with Gasteiger partial charge in [-0.3, -0.25) is 4.79 Å². The summed E-state index contributed by atoms with van der Waals surface area (Å²) in [6.45, 7) is 0. The largest absolute Gasteiger partial charge is 0.293 e. The predicted octanol–water partition coefficient (Wildman–Crippen LogP) is 4.54. The normalized spacial score (nSPS) is 10.7. The van der Waals surface area contributed by atoms with Crippen molar-refractivity contribution in [1.82, 2.24) is 10.2 Å². The lowest BCUT2D eigenvalue weighted by atomic mass is 10.1. The first kappa shape index (κ1) is 15.1. The number of Topliss-reactive ketones (excluding diaryl/α,β-unsaturated/α-hetero) is 1. The van der Waals surface area contributed by atoms with Crippen molar-refractivity contribution < 1.29 is 4.79 Å². The second-order valence-corrected chi connectivity index (χ2v) is 7.47. The summed E-state index contributed by atoms with van der Waals surface area (Å²) in [5, 5.41) is 8.86. The van der Waals surface area contributed by atoms with E-state index in [2.05, 4.69) is 10.2 Å². The van der Waals surface area contributed by atoms with Crippen molar-refractivity contribution in [1.29, 1.82) is 0 Å². The number of hydrogen-bond donors (Lipinski definition) is 0. The lowest BCUT2D eigenvalue weighted by molar-refractivity contribution is 0.102. The van der Waals surface area contributed by atoms with E-state index in [1.165, 1.54) is 34.9 Å². The van der Waals surface area contributed by atoms with E-state index < -0.39 is 0 Å². The Labute approximate surface area is 133 Å². The number of nitrogens with zero attached hydrogens (tertiary/aromatic N) is 2. The van der Waals surface area contributed by atoms with Crippen LogP contribution in [0.4, 0.5) is 0 Å². The quantitative estimate of drug-likeness (QED) is 0.584. The molecule has 1 heterocycles. The molecule has 0 unspecified atom stereocenters. The highest BCUT2D eigenvalue weighted by Gasteiger charge is 2.13. The molecule has 3 nitrogen and oxygen atoms in total. The summed E-state index contributed by atoms with van der Waals surface area (Å²) in [7, 11) is 0. The van der Waals surface area contributed by atoms with Gasteiger partial charge >= 0.3 is 0 Å². The molecule has 2 rings (SSSR count). The molecule has 0 aliphatic carbocycles. The van der Waals surface area contributed by atoms with E-state index in [-0.39, 0.29) is 11.5 Å². The number of ketones is 1. The minimum atomic E-state index is -0.0485. The summed E-state index contributed by atoms with van der Waals surface area (Å²) in [5.41, 5.74) is 0.480. The molecule has 0 spiro atoms. The molecule has 19 heavy (non-hydrogen) atoms. The zero-order valence-corrected chi connectivity index (χ0v) is 13.7. The van der Waals surface area contributed by atoms with Crippen LogP contribution in [0.1, 0.15) is 10.4 Å². The van der Waals surface area contributed by atoms with E-state index >= 15 is 0 Å². The van der Waals surface area contributed by atoms with Gasteiger partial charge in [-0.2, -0.15) is 0 Å². The number of thioether (sulfide) groups is 2. The molecule has 0 N–H and O–H groups in total. The number of aromatic nitrogens is 2. The van der Waals surface area contributed by atoms with Crippen LogP contribution in [-0.4, -0.2) is 28.0 Å². The van der Waals surface area contributed by atoms with Crippen LogP contribution in [0.25, 0.3) is 0 Å². The molecule has 0 aliphatic rings. The molecule has 0 fully saturated rings. The topological polar surface area (TPSA) is 42.9 Å². The molecule has 100 valence electrons. The standard InChI is InChI=1S/C11H8Cl2N2OS3/c1-17-10-14-15-11(19-10)18-5-9(16)7-3-2-6(12)4-8(7)13/h2-4H,5H2,1H3. The van der Waals surface area contributed by atoms with Crippen molar-refractivity contribution in [3.05, 3.63) is 33.8 Å². The molecule has 0 atom stereocenters. The number of hydrogen-bond acceptors (Lipinski definition) is 6. The van der Waals surface area contributed by atoms with Crippen molar-refractivity contribution in [3.8, 4) is 0 Å². The van der Waals surface area contributed by atoms with Gasteiger partial charge in [0.1, 0.15) is 0 Å². The molecule has 1 aromatic carbocycles. The molecule has 0 radical (unpaired) electrons. The average molecular weight is 351 g/mol. The molecule has 1 aromatic heterocycles. The number of carbonyl (C=O) groups is 1. The number of carbonyl (C=O) groups excluding carboxylic acids is 1. The maximum atomic E-state index is 12.0. The minimum Gasteiger partial charge on any atom is -0.293 e. The van der Waals surface area contributed by atoms with Crippen LogP contribution in [0.5, 0.6) is 0 Å². The highest BCUT2D eigenvalue weighted by Crippen LogP contribution is 2.29. The fourth-order valence-electron chi connectivity index (χ4n) is 1.26. The Kier molecular flexibility index (Phi) is 5.53.